The van der Waals surface area contributed by atoms with Gasteiger partial charge in [0.15, 0.2) is 0 Å². The summed E-state index contributed by atoms with van der Waals surface area (Å²) in [5, 5.41) is 4.13. The minimum atomic E-state index is 0.0127. The first kappa shape index (κ1) is 14.9. The van der Waals surface area contributed by atoms with E-state index in [1.807, 2.05) is 13.0 Å². The zero-order chi connectivity index (χ0) is 13.4. The standard InChI is InChI=1S/C14H22N2OS/c1-4-5-6-7-8-14(17)16-15-12(3)13-10-9-11(2)18-13/h9-10H,4-8H2,1-3H3,(H,16,17)/b15-12+. The molecule has 1 amide bonds. The molecule has 0 spiro atoms. The molecule has 18 heavy (non-hydrogen) atoms. The lowest BCUT2D eigenvalue weighted by atomic mass is 10.1. The number of carbonyl (C=O) groups is 1. The van der Waals surface area contributed by atoms with E-state index in [1.54, 1.807) is 11.3 Å². The minimum Gasteiger partial charge on any atom is -0.273 e. The van der Waals surface area contributed by atoms with Crippen LogP contribution in [0.25, 0.3) is 0 Å². The summed E-state index contributed by atoms with van der Waals surface area (Å²) in [6.45, 7) is 6.15. The van der Waals surface area contributed by atoms with Crippen molar-refractivity contribution in [1.29, 1.82) is 0 Å². The quantitative estimate of drug-likeness (QED) is 0.454. The fraction of sp³-hybridized carbons (Fsp3) is 0.571. The number of amides is 1. The number of nitrogens with zero attached hydrogens (tertiary/aromatic N) is 1. The predicted octanol–water partition coefficient (Wildman–Crippen LogP) is 3.87. The lowest BCUT2D eigenvalue weighted by Crippen LogP contribution is -2.18. The molecule has 0 saturated heterocycles. The molecule has 0 aliphatic heterocycles. The highest BCUT2D eigenvalue weighted by atomic mass is 32.1. The zero-order valence-corrected chi connectivity index (χ0v) is 12.3. The molecule has 1 aromatic rings. The summed E-state index contributed by atoms with van der Waals surface area (Å²) in [4.78, 5) is 13.9. The van der Waals surface area contributed by atoms with Gasteiger partial charge in [-0.3, -0.25) is 4.79 Å². The Balaban J connectivity index is 2.32. The van der Waals surface area contributed by atoms with Gasteiger partial charge in [0.2, 0.25) is 5.91 Å². The molecule has 0 aliphatic rings. The average Bonchev–Trinajstić information content (AvgIpc) is 2.78. The maximum Gasteiger partial charge on any atom is 0.240 e. The van der Waals surface area contributed by atoms with Crippen molar-refractivity contribution in [2.75, 3.05) is 0 Å². The van der Waals surface area contributed by atoms with E-state index in [0.29, 0.717) is 6.42 Å². The van der Waals surface area contributed by atoms with Crippen LogP contribution in [0.15, 0.2) is 17.2 Å². The number of hydrogen-bond acceptors (Lipinski definition) is 3. The molecule has 0 aromatic carbocycles. The average molecular weight is 266 g/mol. The highest BCUT2D eigenvalue weighted by Crippen LogP contribution is 2.15. The van der Waals surface area contributed by atoms with E-state index in [9.17, 15) is 4.79 Å². The van der Waals surface area contributed by atoms with Crippen LogP contribution in [0, 0.1) is 6.92 Å². The van der Waals surface area contributed by atoms with Crippen LogP contribution in [0.2, 0.25) is 0 Å². The predicted molar refractivity (Wildman–Crippen MR) is 78.2 cm³/mol. The Morgan fingerprint density at radius 2 is 2.11 bits per heavy atom. The summed E-state index contributed by atoms with van der Waals surface area (Å²) in [5.74, 6) is 0.0127. The van der Waals surface area contributed by atoms with Gasteiger partial charge in [-0.1, -0.05) is 26.2 Å². The van der Waals surface area contributed by atoms with Crippen molar-refractivity contribution in [2.45, 2.75) is 52.9 Å². The topological polar surface area (TPSA) is 41.5 Å². The van der Waals surface area contributed by atoms with Crippen LogP contribution in [0.1, 0.15) is 55.7 Å². The number of carbonyl (C=O) groups excluding carboxylic acids is 1. The molecular weight excluding hydrogens is 244 g/mol. The van der Waals surface area contributed by atoms with Gasteiger partial charge in [-0.15, -0.1) is 11.3 Å². The number of thiophene rings is 1. The fourth-order valence-electron chi connectivity index (χ4n) is 1.60. The third-order valence-corrected chi connectivity index (χ3v) is 3.81. The van der Waals surface area contributed by atoms with Crippen LogP contribution in [0.5, 0.6) is 0 Å². The van der Waals surface area contributed by atoms with Gasteiger partial charge in [-0.2, -0.15) is 5.10 Å². The zero-order valence-electron chi connectivity index (χ0n) is 11.5. The first-order valence-electron chi connectivity index (χ1n) is 6.53. The van der Waals surface area contributed by atoms with Gasteiger partial charge in [-0.05, 0) is 32.4 Å². The van der Waals surface area contributed by atoms with Crippen molar-refractivity contribution in [3.63, 3.8) is 0 Å². The number of unbranched alkanes of at least 4 members (excludes halogenated alkanes) is 3. The second-order valence-electron chi connectivity index (χ2n) is 4.45. The Labute approximate surface area is 113 Å². The number of aryl methyl sites for hydroxylation is 1. The Bertz CT molecular complexity index is 410. The van der Waals surface area contributed by atoms with Gasteiger partial charge in [0.1, 0.15) is 0 Å². The second kappa shape index (κ2) is 8.03. The minimum absolute atomic E-state index is 0.0127. The Morgan fingerprint density at radius 3 is 2.72 bits per heavy atom. The van der Waals surface area contributed by atoms with Crippen molar-refractivity contribution in [2.24, 2.45) is 5.10 Å². The molecule has 0 atom stereocenters. The number of nitrogens with one attached hydrogen (secondary N) is 1. The third-order valence-electron chi connectivity index (χ3n) is 2.70. The van der Waals surface area contributed by atoms with Crippen LogP contribution < -0.4 is 5.43 Å². The molecule has 0 fully saturated rings. The molecule has 1 N–H and O–H groups in total. The first-order valence-corrected chi connectivity index (χ1v) is 7.35. The van der Waals surface area contributed by atoms with E-state index in [4.69, 9.17) is 0 Å². The number of hydrogen-bond donors (Lipinski definition) is 1. The van der Waals surface area contributed by atoms with Crippen LogP contribution >= 0.6 is 11.3 Å². The lowest BCUT2D eigenvalue weighted by molar-refractivity contribution is -0.121. The molecule has 1 rings (SSSR count). The smallest absolute Gasteiger partial charge is 0.240 e. The van der Waals surface area contributed by atoms with Gasteiger partial charge in [0, 0.05) is 11.3 Å². The number of hydrazone groups is 1. The highest BCUT2D eigenvalue weighted by molar-refractivity contribution is 7.14. The van der Waals surface area contributed by atoms with Gasteiger partial charge < -0.3 is 0 Å². The summed E-state index contributed by atoms with van der Waals surface area (Å²) < 4.78 is 0. The molecule has 1 heterocycles. The maximum atomic E-state index is 11.5. The van der Waals surface area contributed by atoms with E-state index in [2.05, 4.69) is 30.4 Å². The summed E-state index contributed by atoms with van der Waals surface area (Å²) in [5.41, 5.74) is 3.49. The Morgan fingerprint density at radius 1 is 1.33 bits per heavy atom. The van der Waals surface area contributed by atoms with Crippen LogP contribution in [0.3, 0.4) is 0 Å². The third kappa shape index (κ3) is 5.45. The SMILES string of the molecule is CCCCCCC(=O)N/N=C(\C)c1ccc(C)s1. The van der Waals surface area contributed by atoms with E-state index in [-0.39, 0.29) is 5.91 Å². The monoisotopic (exact) mass is 266 g/mol. The van der Waals surface area contributed by atoms with Gasteiger partial charge >= 0.3 is 0 Å². The normalized spacial score (nSPS) is 11.6. The van der Waals surface area contributed by atoms with Crippen molar-refractivity contribution >= 4 is 23.0 Å². The second-order valence-corrected chi connectivity index (χ2v) is 5.74. The first-order chi connectivity index (χ1) is 8.63. The van der Waals surface area contributed by atoms with Crippen LogP contribution in [-0.4, -0.2) is 11.6 Å². The van der Waals surface area contributed by atoms with E-state index < -0.39 is 0 Å². The van der Waals surface area contributed by atoms with Crippen molar-refractivity contribution in [1.82, 2.24) is 5.43 Å². The van der Waals surface area contributed by atoms with Gasteiger partial charge in [-0.25, -0.2) is 5.43 Å². The van der Waals surface area contributed by atoms with E-state index in [1.165, 1.54) is 17.7 Å². The summed E-state index contributed by atoms with van der Waals surface area (Å²) >= 11 is 1.69. The van der Waals surface area contributed by atoms with Crippen LogP contribution in [0.4, 0.5) is 0 Å². The van der Waals surface area contributed by atoms with Crippen molar-refractivity contribution in [3.05, 3.63) is 21.9 Å². The van der Waals surface area contributed by atoms with Gasteiger partial charge in [0.05, 0.1) is 10.6 Å². The molecule has 1 aromatic heterocycles. The summed E-state index contributed by atoms with van der Waals surface area (Å²) in [7, 11) is 0. The molecule has 0 radical (unpaired) electrons. The van der Waals surface area contributed by atoms with Gasteiger partial charge in [0.25, 0.3) is 0 Å². The summed E-state index contributed by atoms with van der Waals surface area (Å²) in [6, 6.07) is 4.10. The lowest BCUT2D eigenvalue weighted by Gasteiger charge is -2.01. The number of rotatable bonds is 7. The largest absolute Gasteiger partial charge is 0.273 e. The maximum absolute atomic E-state index is 11.5. The molecule has 0 aliphatic carbocycles. The highest BCUT2D eigenvalue weighted by Gasteiger charge is 2.02. The summed E-state index contributed by atoms with van der Waals surface area (Å²) in [6.07, 6.45) is 5.03. The van der Waals surface area contributed by atoms with Crippen molar-refractivity contribution < 1.29 is 4.79 Å². The van der Waals surface area contributed by atoms with E-state index in [0.717, 1.165) is 23.4 Å². The molecular formula is C14H22N2OS. The van der Waals surface area contributed by atoms with E-state index >= 15 is 0 Å². The van der Waals surface area contributed by atoms with Crippen molar-refractivity contribution in [3.8, 4) is 0 Å². The van der Waals surface area contributed by atoms with Crippen LogP contribution in [-0.2, 0) is 4.79 Å². The molecule has 3 nitrogen and oxygen atoms in total. The Kier molecular flexibility index (Phi) is 6.65. The molecule has 100 valence electrons. The molecule has 0 bridgehead atoms. The Hall–Kier alpha value is -1.16. The molecule has 4 heteroatoms. The fourth-order valence-corrected chi connectivity index (χ4v) is 2.41. The molecule has 0 unspecified atom stereocenters. The molecule has 0 saturated carbocycles.